The summed E-state index contributed by atoms with van der Waals surface area (Å²) in [5.41, 5.74) is 4.39. The number of morpholine rings is 1. The number of rotatable bonds is 9. The van der Waals surface area contributed by atoms with Gasteiger partial charge in [-0.15, -0.1) is 0 Å². The Balaban J connectivity index is 1.62. The van der Waals surface area contributed by atoms with Crippen LogP contribution in [0.2, 0.25) is 5.02 Å². The number of amides is 1. The Bertz CT molecular complexity index is 902. The molecule has 0 aromatic heterocycles. The van der Waals surface area contributed by atoms with Crippen molar-refractivity contribution in [3.8, 4) is 11.5 Å². The van der Waals surface area contributed by atoms with Crippen molar-refractivity contribution in [2.45, 2.75) is 13.5 Å². The van der Waals surface area contributed by atoms with Gasteiger partial charge in [-0.2, -0.15) is 5.10 Å². The van der Waals surface area contributed by atoms with E-state index in [-0.39, 0.29) is 5.91 Å². The van der Waals surface area contributed by atoms with Crippen LogP contribution in [0.1, 0.15) is 18.1 Å². The van der Waals surface area contributed by atoms with E-state index in [1.807, 2.05) is 48.2 Å². The number of carbonyl (C=O) groups is 1. The van der Waals surface area contributed by atoms with Gasteiger partial charge in [0, 0.05) is 18.1 Å². The largest absolute Gasteiger partial charge is 0.490 e. The molecule has 0 unspecified atom stereocenters. The van der Waals surface area contributed by atoms with Crippen LogP contribution in [-0.2, 0) is 16.1 Å². The average molecular weight is 558 g/mol. The van der Waals surface area contributed by atoms with E-state index in [0.717, 1.165) is 27.8 Å². The summed E-state index contributed by atoms with van der Waals surface area (Å²) in [6, 6.07) is 11.3. The lowest BCUT2D eigenvalue weighted by Gasteiger charge is -2.25. The van der Waals surface area contributed by atoms with Gasteiger partial charge in [-0.1, -0.05) is 23.7 Å². The minimum atomic E-state index is -0.152. The van der Waals surface area contributed by atoms with E-state index in [1.54, 1.807) is 6.21 Å². The molecule has 31 heavy (non-hydrogen) atoms. The van der Waals surface area contributed by atoms with Crippen LogP contribution in [0.3, 0.4) is 0 Å². The number of nitrogens with zero attached hydrogens (tertiary/aromatic N) is 2. The van der Waals surface area contributed by atoms with E-state index >= 15 is 0 Å². The van der Waals surface area contributed by atoms with Gasteiger partial charge in [0.25, 0.3) is 5.91 Å². The van der Waals surface area contributed by atoms with Gasteiger partial charge in [-0.3, -0.25) is 9.69 Å². The zero-order valence-corrected chi connectivity index (χ0v) is 20.2. The maximum Gasteiger partial charge on any atom is 0.254 e. The van der Waals surface area contributed by atoms with Crippen molar-refractivity contribution >= 4 is 46.3 Å². The summed E-state index contributed by atoms with van der Waals surface area (Å²) in [4.78, 5) is 14.1. The Morgan fingerprint density at radius 3 is 2.71 bits per heavy atom. The number of benzene rings is 2. The van der Waals surface area contributed by atoms with Gasteiger partial charge in [-0.25, -0.2) is 5.43 Å². The maximum absolute atomic E-state index is 12.1. The summed E-state index contributed by atoms with van der Waals surface area (Å²) in [7, 11) is 0. The molecule has 0 bridgehead atoms. The molecule has 9 heteroatoms. The fraction of sp³-hybridized carbons (Fsp3) is 0.364. The molecule has 1 N–H and O–H groups in total. The van der Waals surface area contributed by atoms with Gasteiger partial charge in [0.1, 0.15) is 6.61 Å². The molecule has 1 saturated heterocycles. The summed E-state index contributed by atoms with van der Waals surface area (Å²) in [5, 5.41) is 4.78. The quantitative estimate of drug-likeness (QED) is 0.289. The van der Waals surface area contributed by atoms with Crippen LogP contribution in [0.5, 0.6) is 11.5 Å². The molecule has 2 aromatic rings. The molecular formula is C22H25ClIN3O4. The van der Waals surface area contributed by atoms with Gasteiger partial charge in [0.2, 0.25) is 0 Å². The van der Waals surface area contributed by atoms with Crippen LogP contribution < -0.4 is 14.9 Å². The first-order chi connectivity index (χ1) is 15.0. The van der Waals surface area contributed by atoms with Crippen LogP contribution in [-0.4, -0.2) is 56.5 Å². The first kappa shape index (κ1) is 23.8. The zero-order chi connectivity index (χ0) is 22.1. The van der Waals surface area contributed by atoms with Crippen molar-refractivity contribution in [3.05, 3.63) is 56.1 Å². The standard InChI is InChI=1S/C22H25ClIN3O4/c1-2-30-20-12-17(13-25-26-21(28)14-27-7-9-29-10-8-27)11-19(24)22(20)31-15-16-3-5-18(23)6-4-16/h3-6,11-13H,2,7-10,14-15H2,1H3,(H,26,28)/b25-13-. The predicted octanol–water partition coefficient (Wildman–Crippen LogP) is 3.70. The average Bonchev–Trinajstić information content (AvgIpc) is 2.75. The van der Waals surface area contributed by atoms with Crippen molar-refractivity contribution in [1.82, 2.24) is 10.3 Å². The second-order valence-corrected chi connectivity index (χ2v) is 8.46. The van der Waals surface area contributed by atoms with Crippen LogP contribution in [0.4, 0.5) is 0 Å². The van der Waals surface area contributed by atoms with Crippen LogP contribution in [0.15, 0.2) is 41.5 Å². The number of carbonyl (C=O) groups excluding carboxylic acids is 1. The predicted molar refractivity (Wildman–Crippen MR) is 129 cm³/mol. The molecule has 7 nitrogen and oxygen atoms in total. The molecule has 0 atom stereocenters. The van der Waals surface area contributed by atoms with Crippen LogP contribution >= 0.6 is 34.2 Å². The van der Waals surface area contributed by atoms with Gasteiger partial charge in [0.05, 0.1) is 36.2 Å². The van der Waals surface area contributed by atoms with Gasteiger partial charge < -0.3 is 14.2 Å². The van der Waals surface area contributed by atoms with Crippen molar-refractivity contribution in [2.24, 2.45) is 5.10 Å². The zero-order valence-electron chi connectivity index (χ0n) is 17.3. The number of hydrogen-bond acceptors (Lipinski definition) is 6. The highest BCUT2D eigenvalue weighted by atomic mass is 127. The Morgan fingerprint density at radius 2 is 2.00 bits per heavy atom. The molecule has 0 radical (unpaired) electrons. The number of nitrogens with one attached hydrogen (secondary N) is 1. The van der Waals surface area contributed by atoms with Gasteiger partial charge in [-0.05, 0) is 64.9 Å². The molecule has 1 aliphatic heterocycles. The van der Waals surface area contributed by atoms with Crippen molar-refractivity contribution in [1.29, 1.82) is 0 Å². The van der Waals surface area contributed by atoms with Gasteiger partial charge >= 0.3 is 0 Å². The van der Waals surface area contributed by atoms with Gasteiger partial charge in [0.15, 0.2) is 11.5 Å². The van der Waals surface area contributed by atoms with Crippen molar-refractivity contribution in [3.63, 3.8) is 0 Å². The minimum Gasteiger partial charge on any atom is -0.490 e. The van der Waals surface area contributed by atoms with E-state index in [1.165, 1.54) is 0 Å². The molecule has 3 rings (SSSR count). The molecule has 166 valence electrons. The highest BCUT2D eigenvalue weighted by molar-refractivity contribution is 14.1. The molecule has 0 saturated carbocycles. The topological polar surface area (TPSA) is 72.4 Å². The van der Waals surface area contributed by atoms with E-state index in [2.05, 4.69) is 33.1 Å². The summed E-state index contributed by atoms with van der Waals surface area (Å²) < 4.78 is 18.0. The van der Waals surface area contributed by atoms with E-state index in [0.29, 0.717) is 49.5 Å². The molecule has 2 aromatic carbocycles. The lowest BCUT2D eigenvalue weighted by Crippen LogP contribution is -2.42. The minimum absolute atomic E-state index is 0.152. The van der Waals surface area contributed by atoms with Crippen molar-refractivity contribution < 1.29 is 19.0 Å². The molecule has 0 spiro atoms. The Hall–Kier alpha value is -1.88. The number of hydrazone groups is 1. The van der Waals surface area contributed by atoms with Crippen LogP contribution in [0, 0.1) is 3.57 Å². The third-order valence-corrected chi connectivity index (χ3v) is 5.56. The highest BCUT2D eigenvalue weighted by Crippen LogP contribution is 2.34. The Morgan fingerprint density at radius 1 is 1.26 bits per heavy atom. The normalized spacial score (nSPS) is 14.5. The Labute approximate surface area is 200 Å². The molecule has 0 aliphatic carbocycles. The molecular weight excluding hydrogens is 533 g/mol. The fourth-order valence-electron chi connectivity index (χ4n) is 2.98. The highest BCUT2D eigenvalue weighted by Gasteiger charge is 2.14. The van der Waals surface area contributed by atoms with E-state index < -0.39 is 0 Å². The van der Waals surface area contributed by atoms with E-state index in [4.69, 9.17) is 25.8 Å². The number of halogens is 2. The Kier molecular flexibility index (Phi) is 9.38. The second-order valence-electron chi connectivity index (χ2n) is 6.86. The molecule has 1 amide bonds. The number of ether oxygens (including phenoxy) is 3. The first-order valence-corrected chi connectivity index (χ1v) is 11.5. The molecule has 1 aliphatic rings. The summed E-state index contributed by atoms with van der Waals surface area (Å²) >= 11 is 8.15. The smallest absolute Gasteiger partial charge is 0.254 e. The lowest BCUT2D eigenvalue weighted by atomic mass is 10.2. The second kappa shape index (κ2) is 12.2. The number of hydrogen-bond donors (Lipinski definition) is 1. The monoisotopic (exact) mass is 557 g/mol. The third-order valence-electron chi connectivity index (χ3n) is 4.50. The summed E-state index contributed by atoms with van der Waals surface area (Å²) in [6.45, 7) is 5.95. The van der Waals surface area contributed by atoms with E-state index in [9.17, 15) is 4.79 Å². The molecule has 1 fully saturated rings. The lowest BCUT2D eigenvalue weighted by molar-refractivity contribution is -0.123. The SMILES string of the molecule is CCOc1cc(/C=N\NC(=O)CN2CCOCC2)cc(I)c1OCc1ccc(Cl)cc1. The summed E-state index contributed by atoms with van der Waals surface area (Å²) in [6.07, 6.45) is 1.60. The first-order valence-electron chi connectivity index (χ1n) is 10.0. The third kappa shape index (κ3) is 7.64. The molecule has 1 heterocycles. The fourth-order valence-corrected chi connectivity index (χ4v) is 3.89. The van der Waals surface area contributed by atoms with Crippen molar-refractivity contribution in [2.75, 3.05) is 39.5 Å². The maximum atomic E-state index is 12.1. The van der Waals surface area contributed by atoms with Crippen LogP contribution in [0.25, 0.3) is 0 Å². The summed E-state index contributed by atoms with van der Waals surface area (Å²) in [5.74, 6) is 1.15.